The fraction of sp³-hybridized carbons (Fsp3) is 0.167. The molecule has 1 heterocycles. The van der Waals surface area contributed by atoms with E-state index in [1.165, 1.54) is 0 Å². The van der Waals surface area contributed by atoms with Gasteiger partial charge in [-0.25, -0.2) is 4.98 Å². The van der Waals surface area contributed by atoms with E-state index in [1.54, 1.807) is 11.6 Å². The average molecular weight is 217 g/mol. The quantitative estimate of drug-likeness (QED) is 0.738. The van der Waals surface area contributed by atoms with Crippen LogP contribution in [0.25, 0.3) is 11.3 Å². The van der Waals surface area contributed by atoms with Crippen LogP contribution < -0.4 is 0 Å². The molecule has 76 valence electrons. The van der Waals surface area contributed by atoms with Gasteiger partial charge in [-0.1, -0.05) is 43.4 Å². The molecular weight excluding hydrogens is 206 g/mol. The molecule has 0 saturated heterocycles. The van der Waals surface area contributed by atoms with Crippen molar-refractivity contribution >= 4 is 17.6 Å². The van der Waals surface area contributed by atoms with Crippen molar-refractivity contribution in [1.82, 2.24) is 4.98 Å². The highest BCUT2D eigenvalue weighted by molar-refractivity contribution is 7.79. The Hall–Kier alpha value is -1.48. The van der Waals surface area contributed by atoms with Gasteiger partial charge in [-0.2, -0.15) is 0 Å². The lowest BCUT2D eigenvalue weighted by atomic mass is 10.1. The van der Waals surface area contributed by atoms with E-state index in [4.69, 9.17) is 16.6 Å². The average Bonchev–Trinajstić information content (AvgIpc) is 2.78. The smallest absolute Gasteiger partial charge is 0.194 e. The first-order valence-corrected chi connectivity index (χ1v) is 5.31. The molecule has 0 aliphatic heterocycles. The largest absolute Gasteiger partial charge is 0.441 e. The normalized spacial score (nSPS) is 10.2. The van der Waals surface area contributed by atoms with Gasteiger partial charge in [-0.05, 0) is 5.56 Å². The molecule has 0 N–H and O–H groups in total. The predicted octanol–water partition coefficient (Wildman–Crippen LogP) is 3.25. The molecule has 2 nitrogen and oxygen atoms in total. The van der Waals surface area contributed by atoms with Crippen LogP contribution in [0.2, 0.25) is 0 Å². The third kappa shape index (κ3) is 2.13. The summed E-state index contributed by atoms with van der Waals surface area (Å²) in [7, 11) is 0. The number of hydrogen-bond donors (Lipinski definition) is 0. The second kappa shape index (κ2) is 4.36. The molecule has 1 aromatic heterocycles. The molecule has 3 heteroatoms. The maximum Gasteiger partial charge on any atom is 0.194 e. The fourth-order valence-corrected chi connectivity index (χ4v) is 1.49. The van der Waals surface area contributed by atoms with Crippen molar-refractivity contribution in [2.75, 3.05) is 0 Å². The van der Waals surface area contributed by atoms with Gasteiger partial charge in [0.15, 0.2) is 11.7 Å². The highest BCUT2D eigenvalue weighted by Gasteiger charge is 2.04. The van der Waals surface area contributed by atoms with E-state index in [2.05, 4.69) is 4.98 Å². The number of nitrogens with zero attached hydrogens (tertiary/aromatic N) is 1. The van der Waals surface area contributed by atoms with Crippen molar-refractivity contribution in [2.45, 2.75) is 13.3 Å². The molecule has 0 aliphatic rings. The van der Waals surface area contributed by atoms with Crippen molar-refractivity contribution in [2.24, 2.45) is 0 Å². The first kappa shape index (κ1) is 10.1. The summed E-state index contributed by atoms with van der Waals surface area (Å²) in [4.78, 5) is 4.16. The molecule has 0 spiro atoms. The summed E-state index contributed by atoms with van der Waals surface area (Å²) in [5, 5.41) is 1.65. The van der Waals surface area contributed by atoms with Crippen molar-refractivity contribution in [1.29, 1.82) is 0 Å². The van der Waals surface area contributed by atoms with Gasteiger partial charge in [0.25, 0.3) is 0 Å². The Balaban J connectivity index is 2.32. The van der Waals surface area contributed by atoms with Crippen LogP contribution >= 0.6 is 12.2 Å². The van der Waals surface area contributed by atoms with Crippen molar-refractivity contribution < 1.29 is 4.42 Å². The van der Waals surface area contributed by atoms with E-state index in [0.29, 0.717) is 0 Å². The first-order valence-electron chi connectivity index (χ1n) is 4.84. The molecule has 2 aromatic rings. The summed E-state index contributed by atoms with van der Waals surface area (Å²) in [6.07, 6.45) is 2.57. The van der Waals surface area contributed by atoms with Crippen LogP contribution in [0.5, 0.6) is 0 Å². The molecule has 0 saturated carbocycles. The summed E-state index contributed by atoms with van der Waals surface area (Å²) in [6, 6.07) is 7.91. The molecule has 2 rings (SSSR count). The third-order valence-corrected chi connectivity index (χ3v) is 2.46. The summed E-state index contributed by atoms with van der Waals surface area (Å²) >= 11 is 4.84. The second-order valence-corrected chi connectivity index (χ2v) is 3.45. The number of thiocarbonyl (C=S) groups is 1. The minimum absolute atomic E-state index is 0.768. The maximum atomic E-state index is 5.54. The van der Waals surface area contributed by atoms with Gasteiger partial charge in [0.2, 0.25) is 0 Å². The van der Waals surface area contributed by atoms with E-state index in [1.807, 2.05) is 31.2 Å². The Morgan fingerprint density at radius 3 is 2.60 bits per heavy atom. The monoisotopic (exact) mass is 217 g/mol. The van der Waals surface area contributed by atoms with Gasteiger partial charge in [0.05, 0.1) is 6.20 Å². The minimum atomic E-state index is 0.768. The summed E-state index contributed by atoms with van der Waals surface area (Å²) in [6.45, 7) is 2.02. The van der Waals surface area contributed by atoms with Crippen LogP contribution in [-0.2, 0) is 6.42 Å². The van der Waals surface area contributed by atoms with Gasteiger partial charge in [0.1, 0.15) is 0 Å². The molecule has 0 bridgehead atoms. The summed E-state index contributed by atoms with van der Waals surface area (Å²) in [5.41, 5.74) is 2.06. The van der Waals surface area contributed by atoms with E-state index in [0.717, 1.165) is 29.2 Å². The summed E-state index contributed by atoms with van der Waals surface area (Å²) in [5.74, 6) is 1.58. The lowest BCUT2D eigenvalue weighted by Gasteiger charge is -1.96. The number of benzene rings is 1. The number of rotatable bonds is 3. The maximum absolute atomic E-state index is 5.54. The van der Waals surface area contributed by atoms with Crippen LogP contribution in [0.15, 0.2) is 34.9 Å². The molecule has 15 heavy (non-hydrogen) atoms. The van der Waals surface area contributed by atoms with Crippen molar-refractivity contribution in [3.63, 3.8) is 0 Å². The Labute approximate surface area is 94.0 Å². The third-order valence-electron chi connectivity index (χ3n) is 2.19. The molecular formula is C12H11NOS. The minimum Gasteiger partial charge on any atom is -0.441 e. The SMILES string of the molecule is CCc1ncc(-c2ccc(C=S)cc2)o1. The van der Waals surface area contributed by atoms with Gasteiger partial charge in [-0.15, -0.1) is 0 Å². The number of aryl methyl sites for hydroxylation is 1. The molecule has 0 fully saturated rings. The lowest BCUT2D eigenvalue weighted by Crippen LogP contribution is -1.78. The Kier molecular flexibility index (Phi) is 2.92. The van der Waals surface area contributed by atoms with Crippen LogP contribution in [0, 0.1) is 0 Å². The predicted molar refractivity (Wildman–Crippen MR) is 64.1 cm³/mol. The highest BCUT2D eigenvalue weighted by Crippen LogP contribution is 2.20. The Morgan fingerprint density at radius 1 is 1.33 bits per heavy atom. The molecule has 0 aliphatic carbocycles. The first-order chi connectivity index (χ1) is 7.33. The second-order valence-electron chi connectivity index (χ2n) is 3.21. The van der Waals surface area contributed by atoms with E-state index >= 15 is 0 Å². The molecule has 0 radical (unpaired) electrons. The molecule has 0 unspecified atom stereocenters. The van der Waals surface area contributed by atoms with Gasteiger partial charge < -0.3 is 4.42 Å². The van der Waals surface area contributed by atoms with Crippen molar-refractivity contribution in [3.8, 4) is 11.3 Å². The summed E-state index contributed by atoms with van der Waals surface area (Å²) < 4.78 is 5.54. The molecule has 1 aromatic carbocycles. The van der Waals surface area contributed by atoms with E-state index in [-0.39, 0.29) is 0 Å². The standard InChI is InChI=1S/C12H11NOS/c1-2-12-13-7-11(14-12)10-5-3-9(8-15)4-6-10/h3-8H,2H2,1H3. The van der Waals surface area contributed by atoms with Crippen LogP contribution in [-0.4, -0.2) is 10.4 Å². The zero-order chi connectivity index (χ0) is 10.7. The van der Waals surface area contributed by atoms with Gasteiger partial charge >= 0.3 is 0 Å². The van der Waals surface area contributed by atoms with Crippen LogP contribution in [0.1, 0.15) is 18.4 Å². The Morgan fingerprint density at radius 2 is 2.07 bits per heavy atom. The van der Waals surface area contributed by atoms with Crippen molar-refractivity contribution in [3.05, 3.63) is 41.9 Å². The van der Waals surface area contributed by atoms with Crippen LogP contribution in [0.3, 0.4) is 0 Å². The Bertz CT molecular complexity index is 459. The number of hydrogen-bond acceptors (Lipinski definition) is 3. The zero-order valence-corrected chi connectivity index (χ0v) is 9.25. The van der Waals surface area contributed by atoms with E-state index in [9.17, 15) is 0 Å². The fourth-order valence-electron chi connectivity index (χ4n) is 1.33. The molecule has 0 atom stereocenters. The lowest BCUT2D eigenvalue weighted by molar-refractivity contribution is 0.514. The van der Waals surface area contributed by atoms with Gasteiger partial charge in [0, 0.05) is 17.4 Å². The topological polar surface area (TPSA) is 26.0 Å². The number of oxazole rings is 1. The van der Waals surface area contributed by atoms with Gasteiger partial charge in [-0.3, -0.25) is 0 Å². The highest BCUT2D eigenvalue weighted by atomic mass is 32.1. The number of aromatic nitrogens is 1. The zero-order valence-electron chi connectivity index (χ0n) is 8.43. The molecule has 0 amide bonds. The van der Waals surface area contributed by atoms with Crippen LogP contribution in [0.4, 0.5) is 0 Å². The van der Waals surface area contributed by atoms with E-state index < -0.39 is 0 Å².